The van der Waals surface area contributed by atoms with Crippen LogP contribution in [0, 0.1) is 17.8 Å². The Balaban J connectivity index is 1.69. The lowest BCUT2D eigenvalue weighted by Gasteiger charge is -2.04. The van der Waals surface area contributed by atoms with Crippen LogP contribution < -0.4 is 0 Å². The van der Waals surface area contributed by atoms with E-state index < -0.39 is 12.6 Å². The van der Waals surface area contributed by atoms with Gasteiger partial charge in [-0.1, -0.05) is 12.8 Å². The molecule has 0 radical (unpaired) electrons. The summed E-state index contributed by atoms with van der Waals surface area (Å²) in [7, 11) is 0. The smallest absolute Gasteiger partial charge is 0.299 e. The van der Waals surface area contributed by atoms with Gasteiger partial charge in [-0.05, 0) is 31.1 Å². The van der Waals surface area contributed by atoms with E-state index in [1.807, 2.05) is 0 Å². The maximum absolute atomic E-state index is 11.9. The van der Waals surface area contributed by atoms with E-state index in [4.69, 9.17) is 0 Å². The zero-order chi connectivity index (χ0) is 11.8. The molecule has 0 aliphatic heterocycles. The summed E-state index contributed by atoms with van der Waals surface area (Å²) >= 11 is 0. The number of carbonyl (C=O) groups excluding carboxylic acids is 1. The van der Waals surface area contributed by atoms with E-state index >= 15 is 0 Å². The van der Waals surface area contributed by atoms with E-state index in [0.717, 1.165) is 12.8 Å². The van der Waals surface area contributed by atoms with E-state index in [-0.39, 0.29) is 24.5 Å². The topological polar surface area (TPSA) is 17.1 Å². The predicted molar refractivity (Wildman–Crippen MR) is 53.9 cm³/mol. The molecule has 0 aromatic rings. The monoisotopic (exact) mass is 234 g/mol. The van der Waals surface area contributed by atoms with Gasteiger partial charge < -0.3 is 0 Å². The highest BCUT2D eigenvalue weighted by Crippen LogP contribution is 2.56. The molecule has 2 rings (SSSR count). The molecule has 2 aliphatic rings. The van der Waals surface area contributed by atoms with Gasteiger partial charge in [0.15, 0.2) is 0 Å². The van der Waals surface area contributed by atoms with Crippen molar-refractivity contribution in [3.63, 3.8) is 0 Å². The van der Waals surface area contributed by atoms with Gasteiger partial charge in [0, 0.05) is 18.8 Å². The lowest BCUT2D eigenvalue weighted by molar-refractivity contribution is -0.137. The molecule has 0 saturated heterocycles. The first kappa shape index (κ1) is 11.9. The molecule has 2 atom stereocenters. The normalized spacial score (nSPS) is 33.3. The van der Waals surface area contributed by atoms with Gasteiger partial charge in [-0.3, -0.25) is 4.79 Å². The van der Waals surface area contributed by atoms with Crippen LogP contribution in [0.25, 0.3) is 0 Å². The molecule has 2 unspecified atom stereocenters. The summed E-state index contributed by atoms with van der Waals surface area (Å²) in [6, 6.07) is 0. The molecule has 4 heteroatoms. The first-order valence-electron chi connectivity index (χ1n) is 6.08. The molecule has 1 nitrogen and oxygen atoms in total. The SMILES string of the molecule is O=C(CCCC(F)(F)F)C1C2CCCCC21. The number of hydrogen-bond acceptors (Lipinski definition) is 1. The zero-order valence-corrected chi connectivity index (χ0v) is 9.22. The minimum atomic E-state index is -4.11. The highest BCUT2D eigenvalue weighted by molar-refractivity contribution is 5.84. The molecular weight excluding hydrogens is 217 g/mol. The maximum Gasteiger partial charge on any atom is 0.389 e. The average Bonchev–Trinajstić information content (AvgIpc) is 2.89. The molecule has 2 saturated carbocycles. The van der Waals surface area contributed by atoms with Crippen LogP contribution in [-0.2, 0) is 4.79 Å². The Hall–Kier alpha value is -0.540. The lowest BCUT2D eigenvalue weighted by atomic mass is 10.0. The Bertz CT molecular complexity index is 260. The number of alkyl halides is 3. The number of hydrogen-bond donors (Lipinski definition) is 0. The third-order valence-corrected chi connectivity index (χ3v) is 3.91. The maximum atomic E-state index is 11.9. The lowest BCUT2D eigenvalue weighted by Crippen LogP contribution is -2.09. The Kier molecular flexibility index (Phi) is 3.27. The van der Waals surface area contributed by atoms with Crippen molar-refractivity contribution in [2.75, 3.05) is 0 Å². The van der Waals surface area contributed by atoms with Gasteiger partial charge in [-0.25, -0.2) is 0 Å². The van der Waals surface area contributed by atoms with Crippen LogP contribution in [0.15, 0.2) is 0 Å². The number of fused-ring (bicyclic) bond motifs is 1. The quantitative estimate of drug-likeness (QED) is 0.724. The largest absolute Gasteiger partial charge is 0.389 e. The van der Waals surface area contributed by atoms with Crippen molar-refractivity contribution < 1.29 is 18.0 Å². The van der Waals surface area contributed by atoms with Crippen LogP contribution in [0.2, 0.25) is 0 Å². The van der Waals surface area contributed by atoms with Crippen molar-refractivity contribution in [2.45, 2.75) is 51.1 Å². The molecule has 16 heavy (non-hydrogen) atoms. The standard InChI is InChI=1S/C12H17F3O/c13-12(14,15)7-3-6-10(16)11-8-4-1-2-5-9(8)11/h8-9,11H,1-7H2. The number of carbonyl (C=O) groups is 1. The van der Waals surface area contributed by atoms with Crippen molar-refractivity contribution >= 4 is 5.78 Å². The van der Waals surface area contributed by atoms with Gasteiger partial charge >= 0.3 is 6.18 Å². The van der Waals surface area contributed by atoms with E-state index in [0.29, 0.717) is 11.8 Å². The molecule has 0 bridgehead atoms. The van der Waals surface area contributed by atoms with Gasteiger partial charge in [0.1, 0.15) is 5.78 Å². The molecule has 0 heterocycles. The van der Waals surface area contributed by atoms with Crippen molar-refractivity contribution in [1.29, 1.82) is 0 Å². The molecule has 0 aromatic carbocycles. The first-order valence-corrected chi connectivity index (χ1v) is 6.08. The summed E-state index contributed by atoms with van der Waals surface area (Å²) in [4.78, 5) is 11.7. The Morgan fingerprint density at radius 1 is 1.12 bits per heavy atom. The van der Waals surface area contributed by atoms with Gasteiger partial charge in [-0.2, -0.15) is 13.2 Å². The Labute approximate surface area is 93.4 Å². The number of ketones is 1. The van der Waals surface area contributed by atoms with Crippen LogP contribution in [-0.4, -0.2) is 12.0 Å². The second-order valence-corrected chi connectivity index (χ2v) is 5.07. The first-order chi connectivity index (χ1) is 7.49. The minimum absolute atomic E-state index is 0.0295. The highest BCUT2D eigenvalue weighted by Gasteiger charge is 2.53. The molecule has 2 fully saturated rings. The van der Waals surface area contributed by atoms with Crippen molar-refractivity contribution in [2.24, 2.45) is 17.8 Å². The Morgan fingerprint density at radius 2 is 1.69 bits per heavy atom. The highest BCUT2D eigenvalue weighted by atomic mass is 19.4. The zero-order valence-electron chi connectivity index (χ0n) is 9.22. The third kappa shape index (κ3) is 2.77. The summed E-state index contributed by atoms with van der Waals surface area (Å²) in [6.45, 7) is 0. The fourth-order valence-electron chi connectivity index (χ4n) is 3.10. The number of rotatable bonds is 4. The molecule has 0 spiro atoms. The van der Waals surface area contributed by atoms with Crippen molar-refractivity contribution in [3.05, 3.63) is 0 Å². The van der Waals surface area contributed by atoms with Crippen molar-refractivity contribution in [1.82, 2.24) is 0 Å². The molecule has 92 valence electrons. The van der Waals surface area contributed by atoms with E-state index in [1.165, 1.54) is 12.8 Å². The van der Waals surface area contributed by atoms with Crippen LogP contribution >= 0.6 is 0 Å². The van der Waals surface area contributed by atoms with Crippen LogP contribution in [0.1, 0.15) is 44.9 Å². The van der Waals surface area contributed by atoms with E-state index in [2.05, 4.69) is 0 Å². The van der Waals surface area contributed by atoms with E-state index in [1.54, 1.807) is 0 Å². The van der Waals surface area contributed by atoms with Gasteiger partial charge in [0.2, 0.25) is 0 Å². The van der Waals surface area contributed by atoms with Crippen LogP contribution in [0.3, 0.4) is 0 Å². The van der Waals surface area contributed by atoms with Crippen LogP contribution in [0.4, 0.5) is 13.2 Å². The number of halogens is 3. The third-order valence-electron chi connectivity index (χ3n) is 3.91. The molecular formula is C12H17F3O. The summed E-state index contributed by atoms with van der Waals surface area (Å²) in [5, 5.41) is 0. The summed E-state index contributed by atoms with van der Waals surface area (Å²) < 4.78 is 35.7. The van der Waals surface area contributed by atoms with E-state index in [9.17, 15) is 18.0 Å². The van der Waals surface area contributed by atoms with Gasteiger partial charge in [0.05, 0.1) is 0 Å². The molecule has 2 aliphatic carbocycles. The predicted octanol–water partition coefficient (Wildman–Crippen LogP) is 3.72. The summed E-state index contributed by atoms with van der Waals surface area (Å²) in [5.41, 5.74) is 0. The molecule has 0 N–H and O–H groups in total. The second-order valence-electron chi connectivity index (χ2n) is 5.07. The van der Waals surface area contributed by atoms with Gasteiger partial charge in [-0.15, -0.1) is 0 Å². The fourth-order valence-corrected chi connectivity index (χ4v) is 3.10. The minimum Gasteiger partial charge on any atom is -0.299 e. The van der Waals surface area contributed by atoms with Gasteiger partial charge in [0.25, 0.3) is 0 Å². The second kappa shape index (κ2) is 4.38. The van der Waals surface area contributed by atoms with Crippen LogP contribution in [0.5, 0.6) is 0 Å². The van der Waals surface area contributed by atoms with Crippen molar-refractivity contribution in [3.8, 4) is 0 Å². The average molecular weight is 234 g/mol. The summed E-state index contributed by atoms with van der Waals surface area (Å²) in [5.74, 6) is 1.25. The molecule has 0 amide bonds. The summed E-state index contributed by atoms with van der Waals surface area (Å²) in [6.07, 6.45) is -0.242. The fraction of sp³-hybridized carbons (Fsp3) is 0.917. The Morgan fingerprint density at radius 3 is 2.19 bits per heavy atom. The molecule has 0 aromatic heterocycles. The number of Topliss-reactive ketones (excluding diaryl/α,β-unsaturated/α-hetero) is 1.